The molecule has 1 aliphatic rings. The van der Waals surface area contributed by atoms with Crippen LogP contribution in [0.5, 0.6) is 0 Å². The van der Waals surface area contributed by atoms with E-state index in [9.17, 15) is 9.59 Å². The van der Waals surface area contributed by atoms with Crippen LogP contribution in [0.1, 0.15) is 69.4 Å². The molecule has 1 aliphatic carbocycles. The van der Waals surface area contributed by atoms with Gasteiger partial charge in [-0.05, 0) is 51.7 Å². The van der Waals surface area contributed by atoms with E-state index in [1.807, 2.05) is 65.0 Å². The Morgan fingerprint density at radius 2 is 1.85 bits per heavy atom. The first-order chi connectivity index (χ1) is 12.7. The van der Waals surface area contributed by atoms with Crippen molar-refractivity contribution in [1.29, 1.82) is 0 Å². The molecule has 1 heterocycles. The van der Waals surface area contributed by atoms with E-state index in [0.29, 0.717) is 11.5 Å². The first kappa shape index (κ1) is 19.3. The van der Waals surface area contributed by atoms with E-state index in [0.717, 1.165) is 29.4 Å². The lowest BCUT2D eigenvalue weighted by Gasteiger charge is -2.27. The first-order valence-electron chi connectivity index (χ1n) is 9.58. The smallest absolute Gasteiger partial charge is 0.339 e. The van der Waals surface area contributed by atoms with Crippen molar-refractivity contribution in [2.24, 2.45) is 5.92 Å². The zero-order valence-corrected chi connectivity index (χ0v) is 16.7. The Balaban J connectivity index is 1.91. The number of nitrogens with one attached hydrogen (secondary N) is 1. The molecular weight excluding hydrogens is 340 g/mol. The number of nitrogens with zero attached hydrogens (tertiary/aromatic N) is 1. The highest BCUT2D eigenvalue weighted by atomic mass is 16.5. The van der Waals surface area contributed by atoms with Gasteiger partial charge in [-0.15, -0.1) is 0 Å². The topological polar surface area (TPSA) is 68.3 Å². The minimum atomic E-state index is -0.840. The van der Waals surface area contributed by atoms with Crippen LogP contribution in [0.3, 0.4) is 0 Å². The highest BCUT2D eigenvalue weighted by molar-refractivity contribution is 6.04. The van der Waals surface area contributed by atoms with E-state index in [2.05, 4.69) is 5.32 Å². The Kier molecular flexibility index (Phi) is 5.22. The molecule has 1 aromatic heterocycles. The van der Waals surface area contributed by atoms with Crippen molar-refractivity contribution in [3.63, 3.8) is 0 Å². The third-order valence-electron chi connectivity index (χ3n) is 4.55. The molecular formula is C22H28N2O3. The quantitative estimate of drug-likeness (QED) is 0.803. The summed E-state index contributed by atoms with van der Waals surface area (Å²) in [5.74, 6) is -0.455. The van der Waals surface area contributed by atoms with Gasteiger partial charge < -0.3 is 10.1 Å². The van der Waals surface area contributed by atoms with Gasteiger partial charge in [0.05, 0.1) is 11.1 Å². The molecule has 1 aromatic carbocycles. The van der Waals surface area contributed by atoms with Crippen LogP contribution in [0.15, 0.2) is 30.3 Å². The number of para-hydroxylation sites is 1. The average molecular weight is 368 g/mol. The number of hydrogen-bond acceptors (Lipinski definition) is 4. The van der Waals surface area contributed by atoms with Crippen LogP contribution in [-0.4, -0.2) is 28.5 Å². The fourth-order valence-electron chi connectivity index (χ4n) is 3.06. The summed E-state index contributed by atoms with van der Waals surface area (Å²) in [7, 11) is 0. The van der Waals surface area contributed by atoms with E-state index in [1.165, 1.54) is 0 Å². The molecule has 1 fully saturated rings. The molecule has 0 saturated heterocycles. The SMILES string of the molecule is CC(C)[C@H](OC(=O)c1cc(C2CC2)nc2ccccc12)C(=O)NC(C)(C)C. The van der Waals surface area contributed by atoms with Gasteiger partial charge in [0.25, 0.3) is 5.91 Å². The van der Waals surface area contributed by atoms with Crippen molar-refractivity contribution in [1.82, 2.24) is 10.3 Å². The van der Waals surface area contributed by atoms with Crippen LogP contribution >= 0.6 is 0 Å². The Hall–Kier alpha value is -2.43. The Labute approximate surface area is 160 Å². The number of rotatable bonds is 5. The summed E-state index contributed by atoms with van der Waals surface area (Å²) < 4.78 is 5.69. The first-order valence-corrected chi connectivity index (χ1v) is 9.58. The molecule has 2 aromatic rings. The van der Waals surface area contributed by atoms with Gasteiger partial charge in [0, 0.05) is 22.5 Å². The molecule has 1 atom stereocenters. The van der Waals surface area contributed by atoms with Crippen LogP contribution in [0, 0.1) is 5.92 Å². The maximum absolute atomic E-state index is 13.0. The second-order valence-corrected chi connectivity index (χ2v) is 8.70. The van der Waals surface area contributed by atoms with Gasteiger partial charge in [-0.3, -0.25) is 9.78 Å². The zero-order chi connectivity index (χ0) is 19.8. The van der Waals surface area contributed by atoms with Crippen molar-refractivity contribution in [2.45, 2.75) is 65.0 Å². The molecule has 1 saturated carbocycles. The monoisotopic (exact) mass is 368 g/mol. The average Bonchev–Trinajstić information content (AvgIpc) is 3.41. The normalized spacial score (nSPS) is 15.6. The van der Waals surface area contributed by atoms with Gasteiger partial charge >= 0.3 is 5.97 Å². The summed E-state index contributed by atoms with van der Waals surface area (Å²) >= 11 is 0. The Morgan fingerprint density at radius 1 is 1.19 bits per heavy atom. The molecule has 1 N–H and O–H groups in total. The molecule has 5 heteroatoms. The fourth-order valence-corrected chi connectivity index (χ4v) is 3.06. The van der Waals surface area contributed by atoms with E-state index in [-0.39, 0.29) is 17.4 Å². The number of fused-ring (bicyclic) bond motifs is 1. The molecule has 144 valence electrons. The van der Waals surface area contributed by atoms with Crippen LogP contribution in [-0.2, 0) is 9.53 Å². The zero-order valence-electron chi connectivity index (χ0n) is 16.7. The Bertz CT molecular complexity index is 863. The van der Waals surface area contributed by atoms with E-state index in [4.69, 9.17) is 9.72 Å². The van der Waals surface area contributed by atoms with Crippen molar-refractivity contribution >= 4 is 22.8 Å². The highest BCUT2D eigenvalue weighted by Gasteiger charge is 2.31. The molecule has 0 radical (unpaired) electrons. The van der Waals surface area contributed by atoms with Gasteiger partial charge in [0.2, 0.25) is 0 Å². The van der Waals surface area contributed by atoms with Gasteiger partial charge in [-0.1, -0.05) is 32.0 Å². The fraction of sp³-hybridized carbons (Fsp3) is 0.500. The van der Waals surface area contributed by atoms with E-state index < -0.39 is 12.1 Å². The number of benzene rings is 1. The lowest BCUT2D eigenvalue weighted by atomic mass is 10.0. The van der Waals surface area contributed by atoms with Crippen molar-refractivity contribution in [3.05, 3.63) is 41.6 Å². The van der Waals surface area contributed by atoms with Crippen molar-refractivity contribution in [2.75, 3.05) is 0 Å². The van der Waals surface area contributed by atoms with Gasteiger partial charge in [0.1, 0.15) is 0 Å². The third kappa shape index (κ3) is 4.65. The lowest BCUT2D eigenvalue weighted by Crippen LogP contribution is -2.48. The summed E-state index contributed by atoms with van der Waals surface area (Å²) in [6.07, 6.45) is 1.36. The molecule has 0 spiro atoms. The Morgan fingerprint density at radius 3 is 2.44 bits per heavy atom. The van der Waals surface area contributed by atoms with Crippen LogP contribution in [0.4, 0.5) is 0 Å². The number of carbonyl (C=O) groups excluding carboxylic acids is 2. The standard InChI is InChI=1S/C22H28N2O3/c1-13(2)19(20(25)24-22(3,4)5)27-21(26)16-12-18(14-10-11-14)23-17-9-7-6-8-15(16)17/h6-9,12-14,19H,10-11H2,1-5H3,(H,24,25)/t19-/m0/s1. The van der Waals surface area contributed by atoms with Gasteiger partial charge in [-0.25, -0.2) is 4.79 Å². The minimum Gasteiger partial charge on any atom is -0.448 e. The number of carbonyl (C=O) groups is 2. The summed E-state index contributed by atoms with van der Waals surface area (Å²) in [6.45, 7) is 9.47. The van der Waals surface area contributed by atoms with Crippen molar-refractivity contribution < 1.29 is 14.3 Å². The van der Waals surface area contributed by atoms with E-state index >= 15 is 0 Å². The largest absolute Gasteiger partial charge is 0.448 e. The molecule has 0 bridgehead atoms. The second-order valence-electron chi connectivity index (χ2n) is 8.70. The maximum Gasteiger partial charge on any atom is 0.339 e. The lowest BCUT2D eigenvalue weighted by molar-refractivity contribution is -0.133. The number of esters is 1. The number of pyridine rings is 1. The molecule has 27 heavy (non-hydrogen) atoms. The van der Waals surface area contributed by atoms with Gasteiger partial charge in [-0.2, -0.15) is 0 Å². The minimum absolute atomic E-state index is 0.132. The molecule has 1 amide bonds. The number of aromatic nitrogens is 1. The highest BCUT2D eigenvalue weighted by Crippen LogP contribution is 2.40. The number of amides is 1. The summed E-state index contributed by atoms with van der Waals surface area (Å²) in [5, 5.41) is 3.66. The number of hydrogen-bond donors (Lipinski definition) is 1. The van der Waals surface area contributed by atoms with Crippen LogP contribution < -0.4 is 5.32 Å². The van der Waals surface area contributed by atoms with E-state index in [1.54, 1.807) is 0 Å². The predicted octanol–water partition coefficient (Wildman–Crippen LogP) is 4.21. The molecule has 0 unspecified atom stereocenters. The van der Waals surface area contributed by atoms with Crippen molar-refractivity contribution in [3.8, 4) is 0 Å². The summed E-state index contributed by atoms with van der Waals surface area (Å²) in [6, 6.07) is 9.40. The second kappa shape index (κ2) is 7.29. The van der Waals surface area contributed by atoms with Gasteiger partial charge in [0.15, 0.2) is 6.10 Å². The predicted molar refractivity (Wildman–Crippen MR) is 106 cm³/mol. The van der Waals surface area contributed by atoms with Crippen LogP contribution in [0.25, 0.3) is 10.9 Å². The maximum atomic E-state index is 13.0. The third-order valence-corrected chi connectivity index (χ3v) is 4.55. The van der Waals surface area contributed by atoms with Crippen LogP contribution in [0.2, 0.25) is 0 Å². The number of ether oxygens (including phenoxy) is 1. The molecule has 3 rings (SSSR count). The summed E-state index contributed by atoms with van der Waals surface area (Å²) in [5.41, 5.74) is 1.81. The summed E-state index contributed by atoms with van der Waals surface area (Å²) in [4.78, 5) is 30.3. The molecule has 0 aliphatic heterocycles. The molecule has 5 nitrogen and oxygen atoms in total.